The van der Waals surface area contributed by atoms with Crippen molar-refractivity contribution in [3.05, 3.63) is 117 Å². The summed E-state index contributed by atoms with van der Waals surface area (Å²) in [5.74, 6) is 4.63. The van der Waals surface area contributed by atoms with Gasteiger partial charge in [0.1, 0.15) is 11.7 Å². The fourth-order valence-corrected chi connectivity index (χ4v) is 6.69. The zero-order valence-electron chi connectivity index (χ0n) is 31.2. The molecule has 4 N–H and O–H groups in total. The maximum Gasteiger partial charge on any atom is 0.329 e. The van der Waals surface area contributed by atoms with Gasteiger partial charge in [0.15, 0.2) is 0 Å². The lowest BCUT2D eigenvalue weighted by molar-refractivity contribution is -0.135. The normalized spacial score (nSPS) is 14.1. The largest absolute Gasteiger partial charge is 0.392 e. The van der Waals surface area contributed by atoms with Gasteiger partial charge < -0.3 is 25.4 Å². The summed E-state index contributed by atoms with van der Waals surface area (Å²) in [6.45, 7) is 2.33. The van der Waals surface area contributed by atoms with Crippen molar-refractivity contribution < 1.29 is 28.6 Å². The van der Waals surface area contributed by atoms with Gasteiger partial charge in [0.2, 0.25) is 17.8 Å². The van der Waals surface area contributed by atoms with E-state index in [2.05, 4.69) is 49.7 Å². The van der Waals surface area contributed by atoms with E-state index in [1.165, 1.54) is 10.8 Å². The van der Waals surface area contributed by atoms with Crippen molar-refractivity contribution in [1.29, 1.82) is 0 Å². The fourth-order valence-electron chi connectivity index (χ4n) is 6.69. The number of aliphatic hydroxyl groups is 1. The van der Waals surface area contributed by atoms with E-state index in [1.807, 2.05) is 42.5 Å². The third-order valence-corrected chi connectivity index (χ3v) is 9.38. The molecule has 0 spiro atoms. The molecule has 14 nitrogen and oxygen atoms in total. The predicted octanol–water partition coefficient (Wildman–Crippen LogP) is 4.25. The lowest BCUT2D eigenvalue weighted by atomic mass is 10.0. The summed E-state index contributed by atoms with van der Waals surface area (Å²) in [7, 11) is 3.76. The SMILES string of the molecule is CN(CCCOCCCc1cccc2c1n(C)c(=O)n2C1CCC(=O)NC1=O)Cc1cccc(C#Cc2cc(NC(=O)Nc3cc(F)ncc3CO)ccn2)c1. The average Bonchev–Trinajstić information content (AvgIpc) is 3.43. The molecule has 1 aliphatic rings. The number of anilines is 2. The van der Waals surface area contributed by atoms with Crippen molar-refractivity contribution in [3.63, 3.8) is 0 Å². The van der Waals surface area contributed by atoms with Crippen LogP contribution in [0.4, 0.5) is 20.6 Å². The van der Waals surface area contributed by atoms with Crippen molar-refractivity contribution in [2.24, 2.45) is 7.05 Å². The minimum Gasteiger partial charge on any atom is -0.392 e. The summed E-state index contributed by atoms with van der Waals surface area (Å²) in [6, 6.07) is 16.6. The molecule has 15 heteroatoms. The Morgan fingerprint density at radius 2 is 1.86 bits per heavy atom. The lowest BCUT2D eigenvalue weighted by Crippen LogP contribution is -2.44. The Morgan fingerprint density at radius 3 is 2.68 bits per heavy atom. The predicted molar refractivity (Wildman–Crippen MR) is 208 cm³/mol. The summed E-state index contributed by atoms with van der Waals surface area (Å²) in [5, 5.41) is 17.0. The van der Waals surface area contributed by atoms with Crippen LogP contribution < -0.4 is 21.6 Å². The first-order chi connectivity index (χ1) is 27.1. The van der Waals surface area contributed by atoms with Crippen molar-refractivity contribution in [2.45, 2.75) is 51.3 Å². The molecule has 1 unspecified atom stereocenters. The van der Waals surface area contributed by atoms with Crippen LogP contribution in [-0.4, -0.2) is 73.8 Å². The number of amides is 4. The second-order valence-corrected chi connectivity index (χ2v) is 13.6. The molecule has 1 fully saturated rings. The smallest absolute Gasteiger partial charge is 0.329 e. The number of imidazole rings is 1. The van der Waals surface area contributed by atoms with Gasteiger partial charge in [-0.25, -0.2) is 19.6 Å². The number of ether oxygens (including phenoxy) is 1. The minimum atomic E-state index is -0.782. The molecule has 6 rings (SSSR count). The van der Waals surface area contributed by atoms with Crippen molar-refractivity contribution >= 4 is 40.3 Å². The van der Waals surface area contributed by atoms with Crippen LogP contribution in [0, 0.1) is 17.8 Å². The van der Waals surface area contributed by atoms with Gasteiger partial charge in [-0.2, -0.15) is 4.39 Å². The molecule has 0 aliphatic carbocycles. The number of piperidine rings is 1. The second kappa shape index (κ2) is 18.4. The number of halogens is 1. The van der Waals surface area contributed by atoms with Gasteiger partial charge in [0, 0.05) is 75.0 Å². The Labute approximate surface area is 322 Å². The van der Waals surface area contributed by atoms with Crippen molar-refractivity contribution in [3.8, 4) is 11.8 Å². The number of nitrogens with one attached hydrogen (secondary N) is 3. The van der Waals surface area contributed by atoms with E-state index >= 15 is 0 Å². The highest BCUT2D eigenvalue weighted by Crippen LogP contribution is 2.26. The number of fused-ring (bicyclic) bond motifs is 1. The maximum absolute atomic E-state index is 13.5. The molecule has 4 heterocycles. The van der Waals surface area contributed by atoms with Gasteiger partial charge in [0.05, 0.1) is 23.3 Å². The number of carbonyl (C=O) groups excluding carboxylic acids is 3. The highest BCUT2D eigenvalue weighted by Gasteiger charge is 2.31. The molecule has 4 amide bonds. The number of hydrogen-bond donors (Lipinski definition) is 4. The first kappa shape index (κ1) is 39.5. The highest BCUT2D eigenvalue weighted by molar-refractivity contribution is 6.01. The Kier molecular flexibility index (Phi) is 13.0. The number of hydrogen-bond acceptors (Lipinski definition) is 9. The number of rotatable bonds is 14. The molecule has 56 heavy (non-hydrogen) atoms. The number of imide groups is 1. The zero-order valence-corrected chi connectivity index (χ0v) is 31.2. The van der Waals surface area contributed by atoms with Crippen LogP contribution in [0.1, 0.15) is 59.7 Å². The second-order valence-electron chi connectivity index (χ2n) is 13.6. The third kappa shape index (κ3) is 9.90. The number of urea groups is 1. The average molecular weight is 763 g/mol. The van der Waals surface area contributed by atoms with E-state index in [0.717, 1.165) is 60.4 Å². The number of aliphatic hydroxyl groups excluding tert-OH is 1. The Morgan fingerprint density at radius 1 is 1.04 bits per heavy atom. The summed E-state index contributed by atoms with van der Waals surface area (Å²) in [4.78, 5) is 59.9. The molecule has 1 saturated heterocycles. The maximum atomic E-state index is 13.5. The van der Waals surface area contributed by atoms with Gasteiger partial charge in [0.25, 0.3) is 0 Å². The van der Waals surface area contributed by atoms with E-state index in [1.54, 1.807) is 23.7 Å². The van der Waals surface area contributed by atoms with Gasteiger partial charge in [-0.15, -0.1) is 0 Å². The molecule has 1 aliphatic heterocycles. The first-order valence-corrected chi connectivity index (χ1v) is 18.3. The number of pyridine rings is 2. The van der Waals surface area contributed by atoms with Gasteiger partial charge in [-0.1, -0.05) is 30.2 Å². The Bertz CT molecular complexity index is 2360. The summed E-state index contributed by atoms with van der Waals surface area (Å²) >= 11 is 0. The van der Waals surface area contributed by atoms with Crippen LogP contribution in [0.3, 0.4) is 0 Å². The fraction of sp³-hybridized carbons (Fsp3) is 0.317. The molecule has 0 saturated carbocycles. The quantitative estimate of drug-likeness (QED) is 0.0559. The number of benzene rings is 2. The van der Waals surface area contributed by atoms with Crippen LogP contribution in [0.5, 0.6) is 0 Å². The van der Waals surface area contributed by atoms with E-state index in [0.29, 0.717) is 43.0 Å². The topological polar surface area (TPSA) is 173 Å². The molecular formula is C41H43FN8O6. The molecule has 5 aromatic rings. The van der Waals surface area contributed by atoms with E-state index in [-0.39, 0.29) is 29.3 Å². The van der Waals surface area contributed by atoms with Gasteiger partial charge in [-0.05, 0) is 80.1 Å². The first-order valence-electron chi connectivity index (χ1n) is 18.3. The Hall–Kier alpha value is -6.21. The molecule has 2 aromatic carbocycles. The number of nitrogens with zero attached hydrogens (tertiary/aromatic N) is 5. The van der Waals surface area contributed by atoms with Crippen LogP contribution in [0.15, 0.2) is 77.9 Å². The van der Waals surface area contributed by atoms with Crippen LogP contribution in [0.25, 0.3) is 11.0 Å². The highest BCUT2D eigenvalue weighted by atomic mass is 19.1. The minimum absolute atomic E-state index is 0.113. The molecule has 0 bridgehead atoms. The van der Waals surface area contributed by atoms with Gasteiger partial charge in [-0.3, -0.25) is 24.0 Å². The van der Waals surface area contributed by atoms with E-state index in [9.17, 15) is 28.7 Å². The van der Waals surface area contributed by atoms with Crippen molar-refractivity contribution in [1.82, 2.24) is 29.3 Å². The summed E-state index contributed by atoms with van der Waals surface area (Å²) in [5.41, 5.74) is 5.40. The standard InChI is InChI=1S/C41H43FN8O6/c1-48(18-6-20-56-19-5-10-29-9-4-11-34-38(29)49(2)41(55)50(34)35-14-15-37(52)47-39(35)53)25-28-8-3-7-27(21-28)12-13-31-22-32(16-17-43-31)45-40(54)46-33-23-36(42)44-24-30(33)26-51/h3-4,7-9,11,16-17,21-24,35,51H,5-6,10,14-15,18-20,25-26H2,1-2H3,(H,47,52,53)(H2,43,44,45,46,54). The zero-order chi connectivity index (χ0) is 39.6. The summed E-state index contributed by atoms with van der Waals surface area (Å²) in [6.07, 6.45) is 5.51. The van der Waals surface area contributed by atoms with Crippen LogP contribution in [0.2, 0.25) is 0 Å². The number of para-hydroxylation sites is 1. The van der Waals surface area contributed by atoms with Crippen molar-refractivity contribution in [2.75, 3.05) is 37.4 Å². The van der Waals surface area contributed by atoms with E-state index in [4.69, 9.17) is 4.74 Å². The lowest BCUT2D eigenvalue weighted by Gasteiger charge is -2.22. The molecular weight excluding hydrogens is 719 g/mol. The monoisotopic (exact) mass is 762 g/mol. The summed E-state index contributed by atoms with van der Waals surface area (Å²) < 4.78 is 22.6. The van der Waals surface area contributed by atoms with Crippen LogP contribution >= 0.6 is 0 Å². The number of aromatic nitrogens is 4. The third-order valence-electron chi connectivity index (χ3n) is 9.38. The molecule has 0 radical (unpaired) electrons. The molecule has 3 aromatic heterocycles. The van der Waals surface area contributed by atoms with Gasteiger partial charge >= 0.3 is 11.7 Å². The molecule has 290 valence electrons. The van der Waals surface area contributed by atoms with Crippen LogP contribution in [-0.2, 0) is 40.9 Å². The Balaban J connectivity index is 0.935. The number of aryl methyl sites for hydroxylation is 2. The number of carbonyl (C=O) groups is 3. The van der Waals surface area contributed by atoms with E-state index < -0.39 is 30.5 Å². The molecule has 1 atom stereocenters.